The Morgan fingerprint density at radius 2 is 1.67 bits per heavy atom. The molecule has 1 fully saturated rings. The van der Waals surface area contributed by atoms with Gasteiger partial charge in [-0.2, -0.15) is 5.10 Å². The number of likely N-dealkylation sites (N-methyl/N-ethyl adjacent to an activating group) is 1. The Morgan fingerprint density at radius 1 is 1.03 bits per heavy atom. The van der Waals surface area contributed by atoms with Crippen molar-refractivity contribution in [2.24, 2.45) is 0 Å². The second-order valence-corrected chi connectivity index (χ2v) is 10.6. The molecule has 3 aromatic rings. The van der Waals surface area contributed by atoms with Gasteiger partial charge in [0.25, 0.3) is 11.7 Å². The molecule has 2 aromatic carbocycles. The van der Waals surface area contributed by atoms with E-state index in [1.54, 1.807) is 15.8 Å². The van der Waals surface area contributed by atoms with Crippen LogP contribution in [0.1, 0.15) is 49.2 Å². The number of carbonyl (C=O) groups is 2. The average molecular weight is 487 g/mol. The molecule has 7 nitrogen and oxygen atoms in total. The van der Waals surface area contributed by atoms with Gasteiger partial charge in [-0.15, -0.1) is 0 Å². The maximum atomic E-state index is 13.3. The number of likely N-dealkylation sites (tertiary alicyclic amines) is 1. The zero-order valence-electron chi connectivity index (χ0n) is 21.8. The van der Waals surface area contributed by atoms with E-state index in [1.165, 1.54) is 0 Å². The van der Waals surface area contributed by atoms with Gasteiger partial charge in [0.05, 0.1) is 34.8 Å². The number of nitrogens with zero attached hydrogens (tertiary/aromatic N) is 4. The fourth-order valence-corrected chi connectivity index (χ4v) is 4.55. The van der Waals surface area contributed by atoms with E-state index in [0.717, 1.165) is 16.8 Å². The van der Waals surface area contributed by atoms with Crippen molar-refractivity contribution in [3.05, 3.63) is 88.8 Å². The molecule has 0 spiro atoms. The van der Waals surface area contributed by atoms with Crippen LogP contribution in [0.4, 0.5) is 0 Å². The van der Waals surface area contributed by atoms with E-state index in [2.05, 4.69) is 25.9 Å². The zero-order valence-corrected chi connectivity index (χ0v) is 21.8. The van der Waals surface area contributed by atoms with Crippen molar-refractivity contribution >= 4 is 17.4 Å². The van der Waals surface area contributed by atoms with Crippen LogP contribution in [0.15, 0.2) is 66.4 Å². The molecule has 188 valence electrons. The van der Waals surface area contributed by atoms with E-state index in [0.29, 0.717) is 24.3 Å². The van der Waals surface area contributed by atoms with E-state index >= 15 is 0 Å². The van der Waals surface area contributed by atoms with Crippen LogP contribution in [0.2, 0.25) is 0 Å². The summed E-state index contributed by atoms with van der Waals surface area (Å²) in [5.41, 5.74) is 3.95. The van der Waals surface area contributed by atoms with E-state index < -0.39 is 17.7 Å². The van der Waals surface area contributed by atoms with E-state index in [4.69, 9.17) is 0 Å². The molecule has 0 aliphatic carbocycles. The lowest BCUT2D eigenvalue weighted by molar-refractivity contribution is -0.140. The van der Waals surface area contributed by atoms with Gasteiger partial charge in [0, 0.05) is 13.1 Å². The van der Waals surface area contributed by atoms with Gasteiger partial charge in [0.15, 0.2) is 0 Å². The lowest BCUT2D eigenvalue weighted by atomic mass is 9.85. The van der Waals surface area contributed by atoms with Gasteiger partial charge >= 0.3 is 0 Å². The second-order valence-electron chi connectivity index (χ2n) is 10.6. The summed E-state index contributed by atoms with van der Waals surface area (Å²) in [5.74, 6) is -1.48. The van der Waals surface area contributed by atoms with Crippen molar-refractivity contribution in [3.63, 3.8) is 0 Å². The largest absolute Gasteiger partial charge is 0.507 e. The Morgan fingerprint density at radius 3 is 2.25 bits per heavy atom. The first-order valence-electron chi connectivity index (χ1n) is 12.1. The molecular formula is C29H34N4O3. The summed E-state index contributed by atoms with van der Waals surface area (Å²) in [6.45, 7) is 9.20. The number of hydrogen-bond acceptors (Lipinski definition) is 5. The molecule has 1 aromatic heterocycles. The highest BCUT2D eigenvalue weighted by molar-refractivity contribution is 6.46. The number of benzene rings is 2. The van der Waals surface area contributed by atoms with Gasteiger partial charge in [-0.1, -0.05) is 63.2 Å². The van der Waals surface area contributed by atoms with Crippen LogP contribution >= 0.6 is 0 Å². The normalized spacial score (nSPS) is 17.9. The Balaban J connectivity index is 1.84. The number of para-hydroxylation sites is 1. The molecule has 1 N–H and O–H groups in total. The van der Waals surface area contributed by atoms with Gasteiger partial charge in [0.2, 0.25) is 0 Å². The van der Waals surface area contributed by atoms with E-state index in [1.807, 2.05) is 80.5 Å². The monoisotopic (exact) mass is 486 g/mol. The minimum absolute atomic E-state index is 0.0333. The highest BCUT2D eigenvalue weighted by Gasteiger charge is 2.46. The molecule has 1 amide bonds. The third-order valence-electron chi connectivity index (χ3n) is 6.69. The SMILES string of the molecule is Cc1c(C(O)=C2C(=O)C(=O)N(CCN(C)C)[C@H]2c2ccc(C(C)(C)C)cc2)cnn1-c1ccccc1. The van der Waals surface area contributed by atoms with Crippen molar-refractivity contribution < 1.29 is 14.7 Å². The van der Waals surface area contributed by atoms with Crippen LogP contribution in [0.5, 0.6) is 0 Å². The fraction of sp³-hybridized carbons (Fsp3) is 0.345. The Kier molecular flexibility index (Phi) is 6.87. The summed E-state index contributed by atoms with van der Waals surface area (Å²) in [6, 6.07) is 16.9. The van der Waals surface area contributed by atoms with Crippen LogP contribution in [0.25, 0.3) is 11.4 Å². The number of amides is 1. The number of Topliss-reactive ketones (excluding diaryl/α,β-unsaturated/α-hetero) is 1. The molecule has 0 bridgehead atoms. The number of ketones is 1. The standard InChI is InChI=1S/C29H34N4O3/c1-19-23(18-30-33(19)22-10-8-7-9-11-22)26(34)24-25(20-12-14-21(15-13-20)29(2,3)4)32(17-16-31(5)6)28(36)27(24)35/h7-15,18,25,34H,16-17H2,1-6H3/t25-/m0/s1. The van der Waals surface area contributed by atoms with Crippen molar-refractivity contribution in [2.75, 3.05) is 27.2 Å². The van der Waals surface area contributed by atoms with Crippen molar-refractivity contribution in [2.45, 2.75) is 39.2 Å². The molecule has 0 saturated carbocycles. The zero-order chi connectivity index (χ0) is 26.2. The van der Waals surface area contributed by atoms with Gasteiger partial charge in [0.1, 0.15) is 5.76 Å². The summed E-state index contributed by atoms with van der Waals surface area (Å²) >= 11 is 0. The van der Waals surface area contributed by atoms with Crippen molar-refractivity contribution in [1.29, 1.82) is 0 Å². The summed E-state index contributed by atoms with van der Waals surface area (Å²) in [4.78, 5) is 30.0. The topological polar surface area (TPSA) is 78.7 Å². The Bertz CT molecular complexity index is 1300. The number of aliphatic hydroxyl groups excluding tert-OH is 1. The van der Waals surface area contributed by atoms with Crippen molar-refractivity contribution in [3.8, 4) is 5.69 Å². The van der Waals surface area contributed by atoms with Gasteiger partial charge in [-0.05, 0) is 49.7 Å². The second kappa shape index (κ2) is 9.74. The Hall–Kier alpha value is -3.71. The predicted molar refractivity (Wildman–Crippen MR) is 141 cm³/mol. The third-order valence-corrected chi connectivity index (χ3v) is 6.69. The van der Waals surface area contributed by atoms with Gasteiger partial charge in [-0.3, -0.25) is 9.59 Å². The maximum Gasteiger partial charge on any atom is 0.295 e. The smallest absolute Gasteiger partial charge is 0.295 e. The molecule has 2 heterocycles. The minimum atomic E-state index is -0.682. The van der Waals surface area contributed by atoms with Gasteiger partial charge in [-0.25, -0.2) is 4.68 Å². The quantitative estimate of drug-likeness (QED) is 0.316. The first-order valence-corrected chi connectivity index (χ1v) is 12.1. The average Bonchev–Trinajstić information content (AvgIpc) is 3.34. The molecule has 7 heteroatoms. The van der Waals surface area contributed by atoms with Crippen LogP contribution < -0.4 is 0 Å². The fourth-order valence-electron chi connectivity index (χ4n) is 4.55. The predicted octanol–water partition coefficient (Wildman–Crippen LogP) is 4.46. The highest BCUT2D eigenvalue weighted by atomic mass is 16.3. The molecular weight excluding hydrogens is 452 g/mol. The summed E-state index contributed by atoms with van der Waals surface area (Å²) in [6.07, 6.45) is 1.55. The first kappa shape index (κ1) is 25.4. The van der Waals surface area contributed by atoms with Crippen LogP contribution in [-0.4, -0.2) is 63.6 Å². The number of aliphatic hydroxyl groups is 1. The Labute approximate surface area is 212 Å². The molecule has 0 unspecified atom stereocenters. The van der Waals surface area contributed by atoms with Crippen molar-refractivity contribution in [1.82, 2.24) is 19.6 Å². The minimum Gasteiger partial charge on any atom is -0.507 e. The number of aromatic nitrogens is 2. The van der Waals surface area contributed by atoms with E-state index in [-0.39, 0.29) is 16.7 Å². The van der Waals surface area contributed by atoms with Crippen LogP contribution in [0, 0.1) is 6.92 Å². The van der Waals surface area contributed by atoms with Gasteiger partial charge < -0.3 is 14.9 Å². The summed E-state index contributed by atoms with van der Waals surface area (Å²) in [7, 11) is 3.84. The third kappa shape index (κ3) is 4.71. The maximum absolute atomic E-state index is 13.3. The van der Waals surface area contributed by atoms with Crippen LogP contribution in [-0.2, 0) is 15.0 Å². The lowest BCUT2D eigenvalue weighted by Gasteiger charge is -2.27. The molecule has 1 atom stereocenters. The number of hydrogen-bond donors (Lipinski definition) is 1. The molecule has 1 saturated heterocycles. The number of carbonyl (C=O) groups excluding carboxylic acids is 2. The first-order chi connectivity index (χ1) is 17.0. The number of rotatable bonds is 6. The molecule has 1 aliphatic heterocycles. The summed E-state index contributed by atoms with van der Waals surface area (Å²) in [5, 5.41) is 15.9. The summed E-state index contributed by atoms with van der Waals surface area (Å²) < 4.78 is 1.71. The van der Waals surface area contributed by atoms with Crippen LogP contribution in [0.3, 0.4) is 0 Å². The molecule has 0 radical (unpaired) electrons. The lowest BCUT2D eigenvalue weighted by Crippen LogP contribution is -2.35. The highest BCUT2D eigenvalue weighted by Crippen LogP contribution is 2.40. The molecule has 4 rings (SSSR count). The molecule has 1 aliphatic rings. The molecule has 36 heavy (non-hydrogen) atoms. The van der Waals surface area contributed by atoms with E-state index in [9.17, 15) is 14.7 Å².